The zero-order valence-electron chi connectivity index (χ0n) is 23.0. The molecule has 6 nitrogen and oxygen atoms in total. The molecule has 4 aromatic rings. The van der Waals surface area contributed by atoms with Crippen molar-refractivity contribution >= 4 is 49.5 Å². The van der Waals surface area contributed by atoms with Crippen LogP contribution in [0.1, 0.15) is 43.4 Å². The van der Waals surface area contributed by atoms with Crippen molar-refractivity contribution in [2.24, 2.45) is 0 Å². The first-order chi connectivity index (χ1) is 18.9. The highest BCUT2D eigenvalue weighted by molar-refractivity contribution is 7.91. The molecule has 1 fully saturated rings. The number of aromatic nitrogens is 1. The van der Waals surface area contributed by atoms with Gasteiger partial charge in [0, 0.05) is 40.6 Å². The SMILES string of the molecule is C[S+]([O-])C(C)(C)c1cc(-c2cccc(/C=C(/C(=O)NC3CC3)c3ccc(S(C)(=O)=O)cc3)c2)c2ncccc2c1. The molecule has 3 aromatic carbocycles. The number of sulfone groups is 1. The van der Waals surface area contributed by atoms with Crippen LogP contribution in [-0.2, 0) is 30.6 Å². The highest BCUT2D eigenvalue weighted by Gasteiger charge is 2.32. The van der Waals surface area contributed by atoms with E-state index in [-0.39, 0.29) is 16.8 Å². The second-order valence-corrected chi connectivity index (χ2v) is 14.7. The number of pyridine rings is 1. The maximum absolute atomic E-state index is 13.3. The number of fused-ring (bicyclic) bond motifs is 1. The number of rotatable bonds is 8. The number of hydrogen-bond donors (Lipinski definition) is 1. The van der Waals surface area contributed by atoms with Gasteiger partial charge < -0.3 is 9.87 Å². The number of carbonyl (C=O) groups is 1. The fourth-order valence-corrected chi connectivity index (χ4v) is 5.62. The number of carbonyl (C=O) groups excluding carboxylic acids is 1. The Morgan fingerprint density at radius 2 is 1.77 bits per heavy atom. The van der Waals surface area contributed by atoms with Crippen LogP contribution in [0.3, 0.4) is 0 Å². The van der Waals surface area contributed by atoms with Crippen LogP contribution in [0, 0.1) is 0 Å². The number of amides is 1. The molecule has 0 aliphatic heterocycles. The first-order valence-corrected chi connectivity index (χ1v) is 16.5. The Morgan fingerprint density at radius 3 is 2.42 bits per heavy atom. The normalized spacial score (nSPS) is 15.2. The van der Waals surface area contributed by atoms with E-state index in [1.54, 1.807) is 24.6 Å². The van der Waals surface area contributed by atoms with Crippen molar-refractivity contribution in [1.82, 2.24) is 10.3 Å². The van der Waals surface area contributed by atoms with Crippen LogP contribution in [0.2, 0.25) is 0 Å². The summed E-state index contributed by atoms with van der Waals surface area (Å²) in [5, 5.41) is 4.02. The van der Waals surface area contributed by atoms with Gasteiger partial charge in [-0.15, -0.1) is 0 Å². The van der Waals surface area contributed by atoms with Crippen LogP contribution < -0.4 is 5.32 Å². The summed E-state index contributed by atoms with van der Waals surface area (Å²) in [4.78, 5) is 18.2. The van der Waals surface area contributed by atoms with E-state index in [1.807, 2.05) is 56.3 Å². The lowest BCUT2D eigenvalue weighted by atomic mass is 9.92. The third-order valence-corrected chi connectivity index (χ3v) is 10.2. The van der Waals surface area contributed by atoms with E-state index < -0.39 is 25.8 Å². The Morgan fingerprint density at radius 1 is 1.05 bits per heavy atom. The molecule has 5 rings (SSSR count). The molecule has 1 aliphatic rings. The van der Waals surface area contributed by atoms with Crippen molar-refractivity contribution in [2.45, 2.75) is 42.4 Å². The van der Waals surface area contributed by atoms with Crippen molar-refractivity contribution in [1.29, 1.82) is 0 Å². The third kappa shape index (κ3) is 5.99. The molecule has 0 radical (unpaired) electrons. The Bertz CT molecular complexity index is 1720. The van der Waals surface area contributed by atoms with Gasteiger partial charge in [0.2, 0.25) is 0 Å². The third-order valence-electron chi connectivity index (χ3n) is 7.38. The molecule has 40 heavy (non-hydrogen) atoms. The molecular weight excluding hydrogens is 540 g/mol. The van der Waals surface area contributed by atoms with Gasteiger partial charge in [0.05, 0.1) is 16.7 Å². The topological polar surface area (TPSA) is 99.2 Å². The average molecular weight is 573 g/mol. The number of nitrogens with zero attached hydrogens (tertiary/aromatic N) is 1. The standard InChI is InChI=1S/C32H32N2O4S2/c1-32(2,39(3)36)25-19-24-9-6-16-33-30(24)28(20-25)23-8-5-7-21(17-23)18-29(31(35)34-26-12-13-26)22-10-14-27(15-11-22)40(4,37)38/h5-11,14-20,26H,12-13H2,1-4H3,(H,34,35)/b29-18+. The van der Waals surface area contributed by atoms with Crippen LogP contribution in [-0.4, -0.2) is 42.4 Å². The molecular formula is C32H32N2O4S2. The van der Waals surface area contributed by atoms with Gasteiger partial charge in [-0.3, -0.25) is 9.78 Å². The largest absolute Gasteiger partial charge is 0.616 e. The van der Waals surface area contributed by atoms with Gasteiger partial charge in [-0.25, -0.2) is 8.42 Å². The molecule has 1 atom stereocenters. The molecule has 1 N–H and O–H groups in total. The van der Waals surface area contributed by atoms with Gasteiger partial charge in [-0.2, -0.15) is 0 Å². The minimum absolute atomic E-state index is 0.171. The molecule has 0 spiro atoms. The smallest absolute Gasteiger partial charge is 0.252 e. The fraction of sp³-hybridized carbons (Fsp3) is 0.250. The molecule has 1 amide bonds. The molecule has 1 heterocycles. The van der Waals surface area contributed by atoms with Gasteiger partial charge in [0.25, 0.3) is 5.91 Å². The van der Waals surface area contributed by atoms with E-state index in [4.69, 9.17) is 0 Å². The Balaban J connectivity index is 1.61. The van der Waals surface area contributed by atoms with Crippen LogP contribution in [0.4, 0.5) is 0 Å². The van der Waals surface area contributed by atoms with Gasteiger partial charge in [0.1, 0.15) is 4.75 Å². The summed E-state index contributed by atoms with van der Waals surface area (Å²) in [5.74, 6) is -0.193. The quantitative estimate of drug-likeness (QED) is 0.165. The Hall–Kier alpha value is -3.46. The molecule has 0 saturated heterocycles. The molecule has 1 aliphatic carbocycles. The summed E-state index contributed by atoms with van der Waals surface area (Å²) >= 11 is -1.09. The highest BCUT2D eigenvalue weighted by atomic mass is 32.2. The van der Waals surface area contributed by atoms with E-state index >= 15 is 0 Å². The first-order valence-electron chi connectivity index (χ1n) is 13.1. The Labute approximate surface area is 238 Å². The molecule has 1 saturated carbocycles. The highest BCUT2D eigenvalue weighted by Crippen LogP contribution is 2.37. The summed E-state index contributed by atoms with van der Waals surface area (Å²) in [5.41, 5.74) is 5.56. The maximum atomic E-state index is 13.3. The fourth-order valence-electron chi connectivity index (χ4n) is 4.54. The molecule has 1 unspecified atom stereocenters. The predicted molar refractivity (Wildman–Crippen MR) is 163 cm³/mol. The van der Waals surface area contributed by atoms with Crippen LogP contribution in [0.25, 0.3) is 33.7 Å². The van der Waals surface area contributed by atoms with Crippen molar-refractivity contribution < 1.29 is 17.8 Å². The summed E-state index contributed by atoms with van der Waals surface area (Å²) < 4.78 is 36.0. The average Bonchev–Trinajstić information content (AvgIpc) is 3.74. The summed E-state index contributed by atoms with van der Waals surface area (Å²) in [6, 6.07) is 22.5. The van der Waals surface area contributed by atoms with Gasteiger partial charge in [-0.05, 0) is 97.0 Å². The molecule has 1 aromatic heterocycles. The van der Waals surface area contributed by atoms with Crippen molar-refractivity contribution in [3.63, 3.8) is 0 Å². The van der Waals surface area contributed by atoms with Crippen molar-refractivity contribution in [3.8, 4) is 11.1 Å². The predicted octanol–water partition coefficient (Wildman–Crippen LogP) is 5.74. The second-order valence-electron chi connectivity index (χ2n) is 10.8. The van der Waals surface area contributed by atoms with E-state index in [2.05, 4.69) is 22.4 Å². The van der Waals surface area contributed by atoms with E-state index in [9.17, 15) is 17.8 Å². The lowest BCUT2D eigenvalue weighted by Gasteiger charge is -2.27. The second kappa shape index (κ2) is 10.8. The van der Waals surface area contributed by atoms with Crippen molar-refractivity contribution in [3.05, 3.63) is 95.7 Å². The molecule has 0 bridgehead atoms. The Kier molecular flexibility index (Phi) is 7.61. The number of hydrogen-bond acceptors (Lipinski definition) is 5. The number of benzene rings is 3. The van der Waals surface area contributed by atoms with Gasteiger partial charge >= 0.3 is 0 Å². The van der Waals surface area contributed by atoms with Crippen molar-refractivity contribution in [2.75, 3.05) is 12.5 Å². The summed E-state index contributed by atoms with van der Waals surface area (Å²) in [6.45, 7) is 3.95. The lowest BCUT2D eigenvalue weighted by molar-refractivity contribution is -0.115. The van der Waals surface area contributed by atoms with Crippen LogP contribution >= 0.6 is 0 Å². The minimum Gasteiger partial charge on any atom is -0.616 e. The monoisotopic (exact) mass is 572 g/mol. The van der Waals surface area contributed by atoms with Gasteiger partial charge in [0.15, 0.2) is 9.84 Å². The zero-order valence-corrected chi connectivity index (χ0v) is 24.6. The summed E-state index contributed by atoms with van der Waals surface area (Å²) in [7, 11) is -3.35. The summed E-state index contributed by atoms with van der Waals surface area (Å²) in [6.07, 6.45) is 8.39. The zero-order chi connectivity index (χ0) is 28.7. The van der Waals surface area contributed by atoms with Crippen LogP contribution in [0.5, 0.6) is 0 Å². The van der Waals surface area contributed by atoms with Gasteiger partial charge in [-0.1, -0.05) is 36.4 Å². The lowest BCUT2D eigenvalue weighted by Crippen LogP contribution is -2.28. The molecule has 8 heteroatoms. The van der Waals surface area contributed by atoms with E-state index in [1.165, 1.54) is 12.1 Å². The number of nitrogens with one attached hydrogen (secondary N) is 1. The first kappa shape index (κ1) is 28.1. The van der Waals surface area contributed by atoms with E-state index in [0.29, 0.717) is 11.1 Å². The van der Waals surface area contributed by atoms with E-state index in [0.717, 1.165) is 52.3 Å². The van der Waals surface area contributed by atoms with Crippen LogP contribution in [0.15, 0.2) is 83.9 Å². The maximum Gasteiger partial charge on any atom is 0.252 e. The molecule has 206 valence electrons. The minimum atomic E-state index is -3.35.